The van der Waals surface area contributed by atoms with Crippen LogP contribution in [0.4, 0.5) is 4.79 Å². The van der Waals surface area contributed by atoms with Crippen LogP contribution in [0.15, 0.2) is 0 Å². The molecule has 58 valence electrons. The van der Waals surface area contributed by atoms with Gasteiger partial charge in [0, 0.05) is 0 Å². The molecule has 5 nitrogen and oxygen atoms in total. The van der Waals surface area contributed by atoms with Crippen molar-refractivity contribution >= 4 is 49.1 Å². The first-order valence-electron chi connectivity index (χ1n) is 1.95. The minimum absolute atomic E-state index is 0. The van der Waals surface area contributed by atoms with Gasteiger partial charge in [0.25, 0.3) is 0 Å². The molecule has 0 aliphatic carbocycles. The number of carboxylic acid groups (broad SMARTS) is 1. The molecule has 0 rings (SSSR count). The van der Waals surface area contributed by atoms with E-state index in [-0.39, 0.29) is 56.5 Å². The van der Waals surface area contributed by atoms with Crippen LogP contribution >= 0.6 is 37.8 Å². The fourth-order valence-electron chi connectivity index (χ4n) is 0.171. The monoisotopic (exact) mass is 237 g/mol. The van der Waals surface area contributed by atoms with Crippen molar-refractivity contribution in [2.45, 2.75) is 0 Å². The van der Waals surface area contributed by atoms with Crippen LogP contribution < -0.4 is 62.2 Å². The molecule has 0 fully saturated rings. The summed E-state index contributed by atoms with van der Waals surface area (Å²) in [5.41, 5.74) is 4.97. The van der Waals surface area contributed by atoms with Crippen LogP contribution in [0.5, 0.6) is 0 Å². The van der Waals surface area contributed by atoms with E-state index in [1.165, 1.54) is 0 Å². The van der Waals surface area contributed by atoms with Crippen molar-refractivity contribution in [1.82, 2.24) is 8.83 Å². The molecule has 11 heavy (non-hydrogen) atoms. The van der Waals surface area contributed by atoms with Gasteiger partial charge >= 0.3 is 51.4 Å². The van der Waals surface area contributed by atoms with Crippen LogP contribution in [-0.4, -0.2) is 20.0 Å². The van der Waals surface area contributed by atoms with Crippen LogP contribution in [0.1, 0.15) is 0 Å². The van der Waals surface area contributed by atoms with Crippen molar-refractivity contribution in [2.75, 3.05) is 0 Å². The molecular weight excluding hydrogens is 233 g/mol. The van der Waals surface area contributed by atoms with Gasteiger partial charge in [0.2, 0.25) is 0 Å². The Balaban J connectivity index is 0. The van der Waals surface area contributed by atoms with E-state index in [0.29, 0.717) is 8.83 Å². The molecule has 1 amide bonds. The minimum Gasteiger partial charge on any atom is -0.528 e. The van der Waals surface area contributed by atoms with Gasteiger partial charge in [-0.05, 0) is 37.8 Å². The summed E-state index contributed by atoms with van der Waals surface area (Å²) in [6.07, 6.45) is -1.56. The molecule has 0 aromatic carbocycles. The zero-order valence-electron chi connectivity index (χ0n) is 5.59. The number of nitrogens with zero attached hydrogens (tertiary/aromatic N) is 2. The molecule has 0 bridgehead atoms. The van der Waals surface area contributed by atoms with Crippen molar-refractivity contribution in [3.05, 3.63) is 0 Å². The quantitative estimate of drug-likeness (QED) is 0.172. The van der Waals surface area contributed by atoms with E-state index in [0.717, 1.165) is 0 Å². The Bertz CT molecular complexity index is 149. The Morgan fingerprint density at radius 2 is 1.82 bits per heavy atom. The maximum Gasteiger partial charge on any atom is 1.00 e. The normalized spacial score (nSPS) is 7.82. The summed E-state index contributed by atoms with van der Waals surface area (Å²) < 4.78 is 0.985. The second-order valence-electron chi connectivity index (χ2n) is 1.18. The molecule has 0 unspecified atom stereocenters. The first kappa shape index (κ1) is 14.8. The Kier molecular flexibility index (Phi) is 9.11. The van der Waals surface area contributed by atoms with Gasteiger partial charge in [-0.15, -0.1) is 0 Å². The van der Waals surface area contributed by atoms with E-state index in [9.17, 15) is 9.90 Å². The molecule has 0 saturated heterocycles. The van der Waals surface area contributed by atoms with Crippen LogP contribution in [0.25, 0.3) is 0 Å². The van der Waals surface area contributed by atoms with Crippen molar-refractivity contribution < 1.29 is 61.3 Å². The molecule has 0 atom stereocenters. The zero-order valence-corrected chi connectivity index (χ0v) is 11.3. The van der Waals surface area contributed by atoms with Crippen molar-refractivity contribution in [2.24, 2.45) is 5.73 Å². The summed E-state index contributed by atoms with van der Waals surface area (Å²) in [5, 5.41) is 9.74. The average molecular weight is 237 g/mol. The fourth-order valence-corrected chi connectivity index (χ4v) is 0.482. The number of nitrogens with two attached hydrogens (primary N) is 1. The smallest absolute Gasteiger partial charge is 0.528 e. The van der Waals surface area contributed by atoms with Crippen LogP contribution in [0, 0.1) is 0 Å². The van der Waals surface area contributed by atoms with Crippen LogP contribution in [0.2, 0.25) is 0 Å². The predicted octanol–water partition coefficient (Wildman–Crippen LogP) is -4.21. The van der Waals surface area contributed by atoms with Crippen LogP contribution in [-0.2, 0) is 0 Å². The SMILES string of the molecule is NC(=S)N(S)N(S)C(=O)[O-].[K+]. The molecular formula is C2H4KN3O2S3. The first-order valence-corrected chi connectivity index (χ1v) is 3.16. The number of hydrazine groups is 1. The van der Waals surface area contributed by atoms with Gasteiger partial charge in [-0.25, -0.2) is 4.41 Å². The number of rotatable bonds is 0. The molecule has 0 aliphatic heterocycles. The maximum atomic E-state index is 9.98. The Labute approximate surface area is 123 Å². The Morgan fingerprint density at radius 3 is 1.91 bits per heavy atom. The van der Waals surface area contributed by atoms with Crippen LogP contribution in [0.3, 0.4) is 0 Å². The van der Waals surface area contributed by atoms with Gasteiger partial charge in [0.15, 0.2) is 11.2 Å². The van der Waals surface area contributed by atoms with Gasteiger partial charge in [-0.3, -0.25) is 0 Å². The molecule has 0 aromatic rings. The molecule has 0 aliphatic rings. The number of hydrogen-bond donors (Lipinski definition) is 3. The molecule has 0 spiro atoms. The van der Waals surface area contributed by atoms with E-state index in [4.69, 9.17) is 5.73 Å². The Morgan fingerprint density at radius 1 is 1.45 bits per heavy atom. The number of carbonyl (C=O) groups is 1. The molecule has 9 heteroatoms. The summed E-state index contributed by atoms with van der Waals surface area (Å²) >= 11 is 11.3. The average Bonchev–Trinajstić information content (AvgIpc) is 1.84. The number of thiol groups is 2. The molecule has 2 N–H and O–H groups in total. The van der Waals surface area contributed by atoms with Crippen molar-refractivity contribution in [3.8, 4) is 0 Å². The summed E-state index contributed by atoms with van der Waals surface area (Å²) in [6.45, 7) is 0. The third-order valence-corrected chi connectivity index (χ3v) is 1.73. The van der Waals surface area contributed by atoms with E-state index >= 15 is 0 Å². The topological polar surface area (TPSA) is 72.6 Å². The summed E-state index contributed by atoms with van der Waals surface area (Å²) in [6, 6.07) is 0. The molecule has 0 radical (unpaired) electrons. The zero-order chi connectivity index (χ0) is 8.31. The number of carbonyl (C=O) groups excluding carboxylic acids is 1. The number of thiocarbonyl (C=S) groups is 1. The van der Waals surface area contributed by atoms with Crippen molar-refractivity contribution in [1.29, 1.82) is 0 Å². The number of hydrogen-bond acceptors (Lipinski definition) is 5. The third kappa shape index (κ3) is 5.52. The van der Waals surface area contributed by atoms with Gasteiger partial charge in [-0.1, -0.05) is 0 Å². The fraction of sp³-hybridized carbons (Fsp3) is 0. The Hall–Kier alpha value is 1.30. The van der Waals surface area contributed by atoms with Gasteiger partial charge in [-0.2, -0.15) is 4.41 Å². The van der Waals surface area contributed by atoms with Gasteiger partial charge in [0.05, 0.1) is 0 Å². The molecule has 0 saturated carbocycles. The summed E-state index contributed by atoms with van der Waals surface area (Å²) in [4.78, 5) is 9.98. The summed E-state index contributed by atoms with van der Waals surface area (Å²) in [5.74, 6) is 0. The van der Waals surface area contributed by atoms with Gasteiger partial charge in [0.1, 0.15) is 0 Å². The summed E-state index contributed by atoms with van der Waals surface area (Å²) in [7, 11) is 0. The van der Waals surface area contributed by atoms with E-state index in [1.807, 2.05) is 0 Å². The minimum atomic E-state index is -1.56. The molecule has 0 aromatic heterocycles. The maximum absolute atomic E-state index is 9.98. The second-order valence-corrected chi connectivity index (χ2v) is 2.36. The van der Waals surface area contributed by atoms with Crippen molar-refractivity contribution in [3.63, 3.8) is 0 Å². The van der Waals surface area contributed by atoms with E-state index < -0.39 is 6.09 Å². The number of amides is 1. The third-order valence-electron chi connectivity index (χ3n) is 0.540. The van der Waals surface area contributed by atoms with E-state index in [2.05, 4.69) is 37.8 Å². The van der Waals surface area contributed by atoms with E-state index in [1.54, 1.807) is 0 Å². The standard InChI is InChI=1S/C2H5N3O2S3.K/c3-1(8)4(9)5(10)2(6)7;/h9-10H,(H2,3,8)(H,6,7);/q;+1/p-1. The predicted molar refractivity (Wildman–Crippen MR) is 43.8 cm³/mol. The molecule has 0 heterocycles. The first-order chi connectivity index (χ1) is 4.46. The second kappa shape index (κ2) is 6.77. The largest absolute Gasteiger partial charge is 1.00 e. The van der Waals surface area contributed by atoms with Gasteiger partial charge < -0.3 is 15.6 Å².